The average Bonchev–Trinajstić information content (AvgIpc) is 2.99. The molecule has 2 saturated carbocycles. The molecule has 4 nitrogen and oxygen atoms in total. The summed E-state index contributed by atoms with van der Waals surface area (Å²) in [5, 5.41) is -1.34. The Morgan fingerprint density at radius 2 is 1.35 bits per heavy atom. The fourth-order valence-electron chi connectivity index (χ4n) is 4.13. The molecule has 4 rings (SSSR count). The summed E-state index contributed by atoms with van der Waals surface area (Å²) in [6.07, 6.45) is 0. The highest BCUT2D eigenvalue weighted by Crippen LogP contribution is 2.76. The second kappa shape index (κ2) is 6.03. The van der Waals surface area contributed by atoms with E-state index in [2.05, 4.69) is 0 Å². The van der Waals surface area contributed by atoms with Gasteiger partial charge in [0.2, 0.25) is 0 Å². The summed E-state index contributed by atoms with van der Waals surface area (Å²) in [4.78, 5) is 27.9. The Kier molecular flexibility index (Phi) is 4.49. The number of carbonyl (C=O) groups is 2. The van der Waals surface area contributed by atoms with Gasteiger partial charge in [-0.1, -0.05) is 53.5 Å². The van der Waals surface area contributed by atoms with Crippen molar-refractivity contribution < 1.29 is 14.4 Å². The number of alkyl halides is 6. The van der Waals surface area contributed by atoms with Crippen LogP contribution in [-0.2, 0) is 21.0 Å². The first kappa shape index (κ1) is 19.4. The van der Waals surface area contributed by atoms with Gasteiger partial charge < -0.3 is 0 Å². The van der Waals surface area contributed by atoms with Gasteiger partial charge in [-0.05, 0) is 5.56 Å². The van der Waals surface area contributed by atoms with E-state index in [9.17, 15) is 9.59 Å². The Morgan fingerprint density at radius 1 is 0.885 bits per heavy atom. The maximum Gasteiger partial charge on any atom is 0.259 e. The molecule has 2 amide bonds. The molecule has 2 aliphatic carbocycles. The van der Waals surface area contributed by atoms with Crippen molar-refractivity contribution in [3.8, 4) is 0 Å². The van der Waals surface area contributed by atoms with Gasteiger partial charge in [-0.25, -0.2) is 0 Å². The van der Waals surface area contributed by atoms with Gasteiger partial charge in [0.1, 0.15) is 16.4 Å². The van der Waals surface area contributed by atoms with Crippen LogP contribution in [0.15, 0.2) is 30.3 Å². The summed E-state index contributed by atoms with van der Waals surface area (Å²) >= 11 is 38.8. The standard InChI is InChI=1S/C16H11Cl6NO3/c17-10-11(18)15(20)9-8(14(10,19)16(15,21)22)12(24)23(13(9)25)26-6-7-4-2-1-3-5-7/h1-5,8-11H,6H2. The maximum absolute atomic E-state index is 12.9. The highest BCUT2D eigenvalue weighted by atomic mass is 35.5. The molecule has 0 N–H and O–H groups in total. The van der Waals surface area contributed by atoms with Crippen LogP contribution in [0.5, 0.6) is 0 Å². The van der Waals surface area contributed by atoms with Crippen molar-refractivity contribution in [2.45, 2.75) is 31.4 Å². The molecule has 1 saturated heterocycles. The molecule has 1 aromatic rings. The summed E-state index contributed by atoms with van der Waals surface area (Å²) in [5.41, 5.74) is 0.781. The van der Waals surface area contributed by atoms with Gasteiger partial charge >= 0.3 is 0 Å². The minimum Gasteiger partial charge on any atom is -0.272 e. The molecule has 2 bridgehead atoms. The lowest BCUT2D eigenvalue weighted by molar-refractivity contribution is -0.193. The lowest BCUT2D eigenvalue weighted by Crippen LogP contribution is -2.51. The molecule has 1 aliphatic heterocycles. The van der Waals surface area contributed by atoms with E-state index in [0.717, 1.165) is 5.56 Å². The van der Waals surface area contributed by atoms with Crippen LogP contribution in [-0.4, -0.2) is 41.7 Å². The van der Waals surface area contributed by atoms with E-state index in [-0.39, 0.29) is 6.61 Å². The number of hydrogen-bond donors (Lipinski definition) is 0. The Bertz CT molecular complexity index is 749. The van der Waals surface area contributed by atoms with E-state index in [4.69, 9.17) is 74.4 Å². The molecule has 26 heavy (non-hydrogen) atoms. The fraction of sp³-hybridized carbons (Fsp3) is 0.500. The van der Waals surface area contributed by atoms with Crippen LogP contribution in [0.1, 0.15) is 5.56 Å². The number of nitrogens with zero attached hydrogens (tertiary/aromatic N) is 1. The van der Waals surface area contributed by atoms with Crippen molar-refractivity contribution in [3.63, 3.8) is 0 Å². The number of fused-ring (bicyclic) bond motifs is 5. The summed E-state index contributed by atoms with van der Waals surface area (Å²) < 4.78 is -1.87. The lowest BCUT2D eigenvalue weighted by Gasteiger charge is -2.35. The first-order chi connectivity index (χ1) is 12.1. The van der Waals surface area contributed by atoms with Crippen LogP contribution >= 0.6 is 69.6 Å². The Hall–Kier alpha value is 0.0600. The minimum absolute atomic E-state index is 0.0177. The van der Waals surface area contributed by atoms with Crippen molar-refractivity contribution in [1.29, 1.82) is 0 Å². The van der Waals surface area contributed by atoms with Crippen LogP contribution in [0.3, 0.4) is 0 Å². The number of hydroxylamine groups is 2. The quantitative estimate of drug-likeness (QED) is 0.486. The molecular weight excluding hydrogens is 467 g/mol. The van der Waals surface area contributed by atoms with Gasteiger partial charge in [-0.2, -0.15) is 5.06 Å². The van der Waals surface area contributed by atoms with Crippen LogP contribution in [0.2, 0.25) is 0 Å². The zero-order valence-corrected chi connectivity index (χ0v) is 17.4. The molecule has 1 aromatic carbocycles. The summed E-state index contributed by atoms with van der Waals surface area (Å²) in [7, 11) is 0. The molecule has 3 fully saturated rings. The van der Waals surface area contributed by atoms with E-state index in [1.165, 1.54) is 0 Å². The first-order valence-corrected chi connectivity index (χ1v) is 10.1. The second-order valence-electron chi connectivity index (χ2n) is 6.60. The van der Waals surface area contributed by atoms with E-state index in [1.807, 2.05) is 18.2 Å². The van der Waals surface area contributed by atoms with Crippen molar-refractivity contribution >= 4 is 81.4 Å². The Morgan fingerprint density at radius 3 is 1.81 bits per heavy atom. The van der Waals surface area contributed by atoms with Crippen molar-refractivity contribution in [2.75, 3.05) is 0 Å². The number of rotatable bonds is 3. The van der Waals surface area contributed by atoms with Crippen molar-refractivity contribution in [3.05, 3.63) is 35.9 Å². The first-order valence-electron chi connectivity index (χ1n) is 7.68. The molecule has 1 heterocycles. The molecule has 0 radical (unpaired) electrons. The monoisotopic (exact) mass is 475 g/mol. The molecule has 3 aliphatic rings. The van der Waals surface area contributed by atoms with E-state index in [0.29, 0.717) is 5.06 Å². The average molecular weight is 478 g/mol. The number of hydrogen-bond acceptors (Lipinski definition) is 3. The van der Waals surface area contributed by atoms with Crippen LogP contribution in [0.4, 0.5) is 0 Å². The van der Waals surface area contributed by atoms with Gasteiger partial charge in [0.15, 0.2) is 4.33 Å². The van der Waals surface area contributed by atoms with E-state index < -0.39 is 48.5 Å². The number of halogens is 6. The SMILES string of the molecule is O=C1C2C(C(=O)N1OCc1ccccc1)C1(Cl)C(Cl)C(Cl)C2(Cl)C1(Cl)Cl. The third-order valence-electron chi connectivity index (χ3n) is 5.40. The molecule has 140 valence electrons. The predicted molar refractivity (Wildman–Crippen MR) is 101 cm³/mol. The number of imide groups is 1. The second-order valence-corrected chi connectivity index (χ2v) is 10.1. The topological polar surface area (TPSA) is 46.6 Å². The zero-order valence-electron chi connectivity index (χ0n) is 12.8. The Labute approximate surface area is 179 Å². The molecule has 6 atom stereocenters. The van der Waals surface area contributed by atoms with Crippen molar-refractivity contribution in [1.82, 2.24) is 5.06 Å². The summed E-state index contributed by atoms with van der Waals surface area (Å²) in [6, 6.07) is 9.07. The molecule has 0 spiro atoms. The predicted octanol–water partition coefficient (Wildman–Crippen LogP) is 4.09. The smallest absolute Gasteiger partial charge is 0.259 e. The van der Waals surface area contributed by atoms with Gasteiger partial charge in [0.25, 0.3) is 11.8 Å². The van der Waals surface area contributed by atoms with Crippen LogP contribution in [0.25, 0.3) is 0 Å². The number of amides is 2. The molecule has 10 heteroatoms. The minimum atomic E-state index is -1.87. The fourth-order valence-corrected chi connectivity index (χ4v) is 7.47. The van der Waals surface area contributed by atoms with Gasteiger partial charge in [-0.3, -0.25) is 14.4 Å². The van der Waals surface area contributed by atoms with Gasteiger partial charge in [0.05, 0.1) is 22.6 Å². The van der Waals surface area contributed by atoms with Gasteiger partial charge in [0, 0.05) is 0 Å². The third-order valence-corrected chi connectivity index (χ3v) is 10.1. The number of benzene rings is 1. The lowest BCUT2D eigenvalue weighted by atomic mass is 9.79. The molecule has 6 unspecified atom stereocenters. The summed E-state index contributed by atoms with van der Waals surface area (Å²) in [5.74, 6) is -3.60. The van der Waals surface area contributed by atoms with E-state index >= 15 is 0 Å². The molecule has 0 aromatic heterocycles. The largest absolute Gasteiger partial charge is 0.272 e. The highest BCUT2D eigenvalue weighted by molar-refractivity contribution is 6.63. The highest BCUT2D eigenvalue weighted by Gasteiger charge is 2.90. The number of carbonyl (C=O) groups excluding carboxylic acids is 2. The van der Waals surface area contributed by atoms with Crippen LogP contribution in [0, 0.1) is 11.8 Å². The normalized spacial score (nSPS) is 43.2. The molecular formula is C16H11Cl6NO3. The van der Waals surface area contributed by atoms with Gasteiger partial charge in [-0.15, -0.1) is 46.4 Å². The van der Waals surface area contributed by atoms with Crippen LogP contribution < -0.4 is 0 Å². The summed E-state index contributed by atoms with van der Waals surface area (Å²) in [6.45, 7) is 0.0177. The zero-order chi connectivity index (χ0) is 19.1. The maximum atomic E-state index is 12.9. The third kappa shape index (κ3) is 2.05. The van der Waals surface area contributed by atoms with E-state index in [1.54, 1.807) is 12.1 Å². The Balaban J connectivity index is 1.69. The van der Waals surface area contributed by atoms with Crippen molar-refractivity contribution in [2.24, 2.45) is 11.8 Å².